The van der Waals surface area contributed by atoms with Crippen molar-refractivity contribution in [3.05, 3.63) is 12.2 Å². The fourth-order valence-corrected chi connectivity index (χ4v) is 1.42. The summed E-state index contributed by atoms with van der Waals surface area (Å²) in [6.45, 7) is 8.54. The molecule has 0 aliphatic heterocycles. The molecule has 0 radical (unpaired) electrons. The standard InChI is InChI=1S/C9H16/c1-4-8(3)9-5-7(2)6-9/h8-9H,2,4-6H2,1,3H3. The van der Waals surface area contributed by atoms with Gasteiger partial charge in [0.1, 0.15) is 0 Å². The molecule has 1 rings (SSSR count). The zero-order valence-corrected chi connectivity index (χ0v) is 6.48. The van der Waals surface area contributed by atoms with E-state index in [1.165, 1.54) is 24.8 Å². The first-order valence-electron chi connectivity index (χ1n) is 3.90. The predicted octanol–water partition coefficient (Wildman–Crippen LogP) is 3.00. The van der Waals surface area contributed by atoms with Gasteiger partial charge in [-0.15, -0.1) is 0 Å². The van der Waals surface area contributed by atoms with Gasteiger partial charge in [0.05, 0.1) is 0 Å². The molecule has 1 aliphatic rings. The fraction of sp³-hybridized carbons (Fsp3) is 0.778. The van der Waals surface area contributed by atoms with Crippen LogP contribution < -0.4 is 0 Å². The van der Waals surface area contributed by atoms with Crippen LogP contribution in [0.4, 0.5) is 0 Å². The summed E-state index contributed by atoms with van der Waals surface area (Å²) in [6.07, 6.45) is 3.93. The van der Waals surface area contributed by atoms with Crippen LogP contribution in [0.2, 0.25) is 0 Å². The molecular formula is C9H16. The number of allylic oxidation sites excluding steroid dienone is 1. The first-order valence-corrected chi connectivity index (χ1v) is 3.90. The lowest BCUT2D eigenvalue weighted by Crippen LogP contribution is -2.20. The second-order valence-corrected chi connectivity index (χ2v) is 3.30. The highest BCUT2D eigenvalue weighted by molar-refractivity contribution is 5.08. The fourth-order valence-electron chi connectivity index (χ4n) is 1.42. The molecule has 0 aromatic carbocycles. The van der Waals surface area contributed by atoms with E-state index < -0.39 is 0 Å². The van der Waals surface area contributed by atoms with E-state index in [9.17, 15) is 0 Å². The average Bonchev–Trinajstić information content (AvgIpc) is 1.79. The van der Waals surface area contributed by atoms with E-state index >= 15 is 0 Å². The number of hydrogen-bond donors (Lipinski definition) is 0. The van der Waals surface area contributed by atoms with Gasteiger partial charge in [0.2, 0.25) is 0 Å². The first kappa shape index (κ1) is 6.85. The highest BCUT2D eigenvalue weighted by atomic mass is 14.3. The zero-order chi connectivity index (χ0) is 6.85. The summed E-state index contributed by atoms with van der Waals surface area (Å²) >= 11 is 0. The van der Waals surface area contributed by atoms with Crippen molar-refractivity contribution in [3.8, 4) is 0 Å². The molecular weight excluding hydrogens is 108 g/mol. The van der Waals surface area contributed by atoms with Crippen LogP contribution >= 0.6 is 0 Å². The maximum atomic E-state index is 3.93. The van der Waals surface area contributed by atoms with Crippen LogP contribution in [0.5, 0.6) is 0 Å². The van der Waals surface area contributed by atoms with Gasteiger partial charge in [-0.1, -0.05) is 32.4 Å². The molecule has 1 saturated carbocycles. The lowest BCUT2D eigenvalue weighted by atomic mass is 9.73. The molecule has 0 aromatic heterocycles. The SMILES string of the molecule is C=C1CC(C(C)CC)C1. The molecule has 1 aliphatic carbocycles. The lowest BCUT2D eigenvalue weighted by molar-refractivity contribution is 0.282. The third-order valence-corrected chi connectivity index (χ3v) is 2.55. The Morgan fingerprint density at radius 1 is 1.67 bits per heavy atom. The van der Waals surface area contributed by atoms with Gasteiger partial charge < -0.3 is 0 Å². The van der Waals surface area contributed by atoms with E-state index in [2.05, 4.69) is 20.4 Å². The molecule has 0 heterocycles. The summed E-state index contributed by atoms with van der Waals surface area (Å²) in [6, 6.07) is 0. The summed E-state index contributed by atoms with van der Waals surface area (Å²) in [4.78, 5) is 0. The van der Waals surface area contributed by atoms with Crippen molar-refractivity contribution in [2.45, 2.75) is 33.1 Å². The van der Waals surface area contributed by atoms with Crippen molar-refractivity contribution in [2.24, 2.45) is 11.8 Å². The molecule has 0 amide bonds. The van der Waals surface area contributed by atoms with E-state index in [1.807, 2.05) is 0 Å². The molecule has 0 spiro atoms. The van der Waals surface area contributed by atoms with Gasteiger partial charge >= 0.3 is 0 Å². The van der Waals surface area contributed by atoms with Gasteiger partial charge in [-0.2, -0.15) is 0 Å². The molecule has 0 nitrogen and oxygen atoms in total. The summed E-state index contributed by atoms with van der Waals surface area (Å²) in [5.74, 6) is 1.90. The van der Waals surface area contributed by atoms with Crippen molar-refractivity contribution in [2.75, 3.05) is 0 Å². The van der Waals surface area contributed by atoms with Crippen molar-refractivity contribution in [3.63, 3.8) is 0 Å². The van der Waals surface area contributed by atoms with Crippen LogP contribution in [0.1, 0.15) is 33.1 Å². The van der Waals surface area contributed by atoms with Gasteiger partial charge in [0, 0.05) is 0 Å². The van der Waals surface area contributed by atoms with Crippen LogP contribution in [0, 0.1) is 11.8 Å². The van der Waals surface area contributed by atoms with Gasteiger partial charge in [-0.05, 0) is 24.7 Å². The van der Waals surface area contributed by atoms with E-state index in [4.69, 9.17) is 0 Å². The molecule has 0 heteroatoms. The Labute approximate surface area is 58.0 Å². The lowest BCUT2D eigenvalue weighted by Gasteiger charge is -2.33. The van der Waals surface area contributed by atoms with Crippen LogP contribution in [-0.4, -0.2) is 0 Å². The van der Waals surface area contributed by atoms with Crippen molar-refractivity contribution in [1.82, 2.24) is 0 Å². The monoisotopic (exact) mass is 124 g/mol. The Balaban J connectivity index is 2.23. The molecule has 0 saturated heterocycles. The predicted molar refractivity (Wildman–Crippen MR) is 41.3 cm³/mol. The molecule has 0 N–H and O–H groups in total. The minimum atomic E-state index is 0.926. The van der Waals surface area contributed by atoms with Crippen molar-refractivity contribution >= 4 is 0 Å². The number of hydrogen-bond acceptors (Lipinski definition) is 0. The number of rotatable bonds is 2. The summed E-state index contributed by atoms with van der Waals surface area (Å²) in [5, 5.41) is 0. The maximum absolute atomic E-state index is 3.93. The zero-order valence-electron chi connectivity index (χ0n) is 6.48. The molecule has 52 valence electrons. The summed E-state index contributed by atoms with van der Waals surface area (Å²) in [5.41, 5.74) is 1.46. The van der Waals surface area contributed by atoms with Gasteiger partial charge in [0.25, 0.3) is 0 Å². The normalized spacial score (nSPS) is 23.6. The third kappa shape index (κ3) is 1.35. The summed E-state index contributed by atoms with van der Waals surface area (Å²) in [7, 11) is 0. The highest BCUT2D eigenvalue weighted by Crippen LogP contribution is 2.38. The van der Waals surface area contributed by atoms with Gasteiger partial charge in [0.15, 0.2) is 0 Å². The summed E-state index contributed by atoms with van der Waals surface area (Å²) < 4.78 is 0. The van der Waals surface area contributed by atoms with E-state index in [-0.39, 0.29) is 0 Å². The van der Waals surface area contributed by atoms with Crippen LogP contribution in [0.25, 0.3) is 0 Å². The minimum absolute atomic E-state index is 0.926. The first-order chi connectivity index (χ1) is 4.24. The topological polar surface area (TPSA) is 0 Å². The molecule has 1 fully saturated rings. The van der Waals surface area contributed by atoms with Crippen molar-refractivity contribution in [1.29, 1.82) is 0 Å². The Morgan fingerprint density at radius 3 is 2.56 bits per heavy atom. The second-order valence-electron chi connectivity index (χ2n) is 3.30. The van der Waals surface area contributed by atoms with E-state index in [0.29, 0.717) is 0 Å². The molecule has 9 heavy (non-hydrogen) atoms. The molecule has 1 atom stereocenters. The maximum Gasteiger partial charge on any atom is -0.0289 e. The van der Waals surface area contributed by atoms with Gasteiger partial charge in [-0.3, -0.25) is 0 Å². The smallest absolute Gasteiger partial charge is 0.0289 e. The average molecular weight is 124 g/mol. The third-order valence-electron chi connectivity index (χ3n) is 2.55. The van der Waals surface area contributed by atoms with Crippen LogP contribution in [0.3, 0.4) is 0 Å². The van der Waals surface area contributed by atoms with Gasteiger partial charge in [-0.25, -0.2) is 0 Å². The Kier molecular flexibility index (Phi) is 1.94. The largest absolute Gasteiger partial charge is 0.0998 e. The molecule has 0 aromatic rings. The Bertz CT molecular complexity index is 105. The second kappa shape index (κ2) is 2.55. The molecule has 1 unspecified atom stereocenters. The van der Waals surface area contributed by atoms with Crippen LogP contribution in [0.15, 0.2) is 12.2 Å². The Hall–Kier alpha value is -0.260. The highest BCUT2D eigenvalue weighted by Gasteiger charge is 2.25. The quantitative estimate of drug-likeness (QED) is 0.496. The van der Waals surface area contributed by atoms with Crippen molar-refractivity contribution < 1.29 is 0 Å². The van der Waals surface area contributed by atoms with E-state index in [1.54, 1.807) is 0 Å². The minimum Gasteiger partial charge on any atom is -0.0998 e. The van der Waals surface area contributed by atoms with Crippen LogP contribution in [-0.2, 0) is 0 Å². The Morgan fingerprint density at radius 2 is 2.22 bits per heavy atom. The molecule has 0 bridgehead atoms. The van der Waals surface area contributed by atoms with E-state index in [0.717, 1.165) is 11.8 Å².